The molecular weight excluding hydrogens is 230 g/mol. The Hall–Kier alpha value is -0.580. The largest absolute Gasteiger partial charge is 0.398 e. The number of nitrogens with zero attached hydrogens (tertiary/aromatic N) is 1. The summed E-state index contributed by atoms with van der Waals surface area (Å²) in [4.78, 5) is 3.76. The molecule has 4 heteroatoms. The van der Waals surface area contributed by atoms with Crippen molar-refractivity contribution >= 4 is 17.0 Å². The molecule has 1 fully saturated rings. The van der Waals surface area contributed by atoms with Crippen molar-refractivity contribution in [3.8, 4) is 0 Å². The van der Waals surface area contributed by atoms with Crippen LogP contribution in [0.1, 0.15) is 30.6 Å². The molecule has 0 bridgehead atoms. The van der Waals surface area contributed by atoms with Crippen molar-refractivity contribution in [2.24, 2.45) is 0 Å². The molecule has 1 heterocycles. The van der Waals surface area contributed by atoms with Crippen LogP contribution in [0.15, 0.2) is 11.4 Å². The Bertz CT molecular complexity index is 331. The van der Waals surface area contributed by atoms with E-state index in [-0.39, 0.29) is 0 Å². The molecule has 1 aromatic heterocycles. The lowest BCUT2D eigenvalue weighted by molar-refractivity contribution is 0.245. The van der Waals surface area contributed by atoms with Gasteiger partial charge in [-0.15, -0.1) is 11.3 Å². The molecule has 1 aliphatic carbocycles. The SMILES string of the molecule is CN(CCNCc1sccc1N)C1CCCC1. The molecule has 0 spiro atoms. The van der Waals surface area contributed by atoms with E-state index in [0.29, 0.717) is 0 Å². The van der Waals surface area contributed by atoms with E-state index in [1.807, 2.05) is 6.07 Å². The second kappa shape index (κ2) is 6.38. The molecule has 0 radical (unpaired) electrons. The lowest BCUT2D eigenvalue weighted by Gasteiger charge is -2.23. The monoisotopic (exact) mass is 253 g/mol. The molecule has 0 unspecified atom stereocenters. The highest BCUT2D eigenvalue weighted by Gasteiger charge is 2.18. The van der Waals surface area contributed by atoms with Gasteiger partial charge in [0.2, 0.25) is 0 Å². The van der Waals surface area contributed by atoms with Crippen LogP contribution in [-0.4, -0.2) is 31.1 Å². The first-order chi connectivity index (χ1) is 8.27. The Balaban J connectivity index is 1.61. The Morgan fingerprint density at radius 3 is 2.88 bits per heavy atom. The topological polar surface area (TPSA) is 41.3 Å². The summed E-state index contributed by atoms with van der Waals surface area (Å²) in [6, 6.07) is 2.80. The molecule has 2 rings (SSSR count). The van der Waals surface area contributed by atoms with Crippen molar-refractivity contribution < 1.29 is 0 Å². The number of rotatable bonds is 6. The zero-order chi connectivity index (χ0) is 12.1. The van der Waals surface area contributed by atoms with Crippen molar-refractivity contribution in [2.45, 2.75) is 38.3 Å². The summed E-state index contributed by atoms with van der Waals surface area (Å²) in [6.45, 7) is 3.09. The molecule has 1 aliphatic rings. The fraction of sp³-hybridized carbons (Fsp3) is 0.692. The van der Waals surface area contributed by atoms with Gasteiger partial charge >= 0.3 is 0 Å². The molecule has 17 heavy (non-hydrogen) atoms. The molecule has 0 saturated heterocycles. The molecule has 0 amide bonds. The van der Waals surface area contributed by atoms with Crippen LogP contribution in [0.2, 0.25) is 0 Å². The number of anilines is 1. The second-order valence-corrected chi connectivity index (χ2v) is 5.90. The molecule has 0 aromatic carbocycles. The summed E-state index contributed by atoms with van der Waals surface area (Å²) in [6.07, 6.45) is 5.59. The third-order valence-electron chi connectivity index (χ3n) is 3.65. The molecule has 3 nitrogen and oxygen atoms in total. The minimum atomic E-state index is 0.823. The van der Waals surface area contributed by atoms with E-state index in [4.69, 9.17) is 5.73 Å². The lowest BCUT2D eigenvalue weighted by Crippen LogP contribution is -2.35. The highest BCUT2D eigenvalue weighted by molar-refractivity contribution is 7.10. The quantitative estimate of drug-likeness (QED) is 0.764. The number of nitrogens with two attached hydrogens (primary N) is 1. The van der Waals surface area contributed by atoms with Gasteiger partial charge in [-0.1, -0.05) is 12.8 Å². The Morgan fingerprint density at radius 2 is 2.24 bits per heavy atom. The third kappa shape index (κ3) is 3.69. The summed E-state index contributed by atoms with van der Waals surface area (Å²) in [5, 5.41) is 5.52. The van der Waals surface area contributed by atoms with Gasteiger partial charge in [-0.25, -0.2) is 0 Å². The maximum Gasteiger partial charge on any atom is 0.0468 e. The van der Waals surface area contributed by atoms with E-state index in [9.17, 15) is 0 Å². The second-order valence-electron chi connectivity index (χ2n) is 4.89. The van der Waals surface area contributed by atoms with Crippen LogP contribution in [0, 0.1) is 0 Å². The van der Waals surface area contributed by atoms with Crippen LogP contribution in [0.25, 0.3) is 0 Å². The highest BCUT2D eigenvalue weighted by atomic mass is 32.1. The van der Waals surface area contributed by atoms with Gasteiger partial charge in [0, 0.05) is 36.2 Å². The smallest absolute Gasteiger partial charge is 0.0468 e. The van der Waals surface area contributed by atoms with Gasteiger partial charge < -0.3 is 16.0 Å². The van der Waals surface area contributed by atoms with E-state index < -0.39 is 0 Å². The van der Waals surface area contributed by atoms with E-state index in [1.165, 1.54) is 30.6 Å². The molecule has 0 atom stereocenters. The standard InChI is InChI=1S/C13H23N3S/c1-16(11-4-2-3-5-11)8-7-15-10-13-12(14)6-9-17-13/h6,9,11,15H,2-5,7-8,10,14H2,1H3. The zero-order valence-electron chi connectivity index (χ0n) is 10.6. The van der Waals surface area contributed by atoms with Gasteiger partial charge in [0.15, 0.2) is 0 Å². The number of thiophene rings is 1. The van der Waals surface area contributed by atoms with E-state index in [0.717, 1.165) is 31.4 Å². The summed E-state index contributed by atoms with van der Waals surface area (Å²) in [5.41, 5.74) is 6.76. The van der Waals surface area contributed by atoms with Gasteiger partial charge in [0.25, 0.3) is 0 Å². The van der Waals surface area contributed by atoms with Gasteiger partial charge in [-0.3, -0.25) is 0 Å². The minimum Gasteiger partial charge on any atom is -0.398 e. The molecule has 1 aromatic rings. The van der Waals surface area contributed by atoms with Crippen molar-refractivity contribution in [3.63, 3.8) is 0 Å². The first kappa shape index (κ1) is 12.9. The average molecular weight is 253 g/mol. The maximum absolute atomic E-state index is 5.84. The maximum atomic E-state index is 5.84. The Kier molecular flexibility index (Phi) is 4.83. The molecule has 0 aliphatic heterocycles. The molecule has 1 saturated carbocycles. The van der Waals surface area contributed by atoms with Crippen molar-refractivity contribution in [3.05, 3.63) is 16.3 Å². The number of hydrogen-bond acceptors (Lipinski definition) is 4. The first-order valence-corrected chi connectivity index (χ1v) is 7.38. The van der Waals surface area contributed by atoms with Crippen LogP contribution >= 0.6 is 11.3 Å². The molecule has 3 N–H and O–H groups in total. The first-order valence-electron chi connectivity index (χ1n) is 6.50. The molecule has 96 valence electrons. The van der Waals surface area contributed by atoms with Crippen LogP contribution in [0.5, 0.6) is 0 Å². The number of hydrogen-bond donors (Lipinski definition) is 2. The normalized spacial score (nSPS) is 17.1. The van der Waals surface area contributed by atoms with Gasteiger partial charge in [0.1, 0.15) is 0 Å². The lowest BCUT2D eigenvalue weighted by atomic mass is 10.2. The average Bonchev–Trinajstić information content (AvgIpc) is 2.96. The van der Waals surface area contributed by atoms with Crippen molar-refractivity contribution in [1.29, 1.82) is 0 Å². The summed E-state index contributed by atoms with van der Waals surface area (Å²) in [5.74, 6) is 0. The minimum absolute atomic E-state index is 0.823. The fourth-order valence-corrected chi connectivity index (χ4v) is 3.25. The summed E-state index contributed by atoms with van der Waals surface area (Å²) in [7, 11) is 2.25. The van der Waals surface area contributed by atoms with Gasteiger partial charge in [0.05, 0.1) is 0 Å². The Morgan fingerprint density at radius 1 is 1.47 bits per heavy atom. The van der Waals surface area contributed by atoms with Crippen LogP contribution < -0.4 is 11.1 Å². The predicted octanol–water partition coefficient (Wildman–Crippen LogP) is 2.29. The van der Waals surface area contributed by atoms with Crippen molar-refractivity contribution in [1.82, 2.24) is 10.2 Å². The van der Waals surface area contributed by atoms with Gasteiger partial charge in [-0.2, -0.15) is 0 Å². The van der Waals surface area contributed by atoms with E-state index >= 15 is 0 Å². The predicted molar refractivity (Wildman–Crippen MR) is 75.3 cm³/mol. The number of nitrogen functional groups attached to an aromatic ring is 1. The molecular formula is C13H23N3S. The third-order valence-corrected chi connectivity index (χ3v) is 4.59. The number of likely N-dealkylation sites (N-methyl/N-ethyl adjacent to an activating group) is 1. The van der Waals surface area contributed by atoms with Crippen LogP contribution in [0.4, 0.5) is 5.69 Å². The van der Waals surface area contributed by atoms with E-state index in [1.54, 1.807) is 11.3 Å². The van der Waals surface area contributed by atoms with Crippen LogP contribution in [0.3, 0.4) is 0 Å². The Labute approximate surface area is 108 Å². The zero-order valence-corrected chi connectivity index (χ0v) is 11.4. The fourth-order valence-electron chi connectivity index (χ4n) is 2.48. The van der Waals surface area contributed by atoms with E-state index in [2.05, 4.69) is 22.6 Å². The summed E-state index contributed by atoms with van der Waals surface area (Å²) < 4.78 is 0. The number of nitrogens with one attached hydrogen (secondary N) is 1. The highest BCUT2D eigenvalue weighted by Crippen LogP contribution is 2.22. The van der Waals surface area contributed by atoms with Crippen molar-refractivity contribution in [2.75, 3.05) is 25.9 Å². The summed E-state index contributed by atoms with van der Waals surface area (Å²) >= 11 is 1.73. The van der Waals surface area contributed by atoms with Gasteiger partial charge in [-0.05, 0) is 31.3 Å². The van der Waals surface area contributed by atoms with Crippen LogP contribution in [-0.2, 0) is 6.54 Å².